The minimum absolute atomic E-state index is 0.449. The second-order valence-electron chi connectivity index (χ2n) is 7.52. The van der Waals surface area contributed by atoms with Gasteiger partial charge in [-0.15, -0.1) is 11.3 Å². The van der Waals surface area contributed by atoms with E-state index >= 15 is 0 Å². The summed E-state index contributed by atoms with van der Waals surface area (Å²) in [5.74, 6) is 0. The molecule has 0 bridgehead atoms. The van der Waals surface area contributed by atoms with Crippen molar-refractivity contribution in [3.05, 3.63) is 77.6 Å². The molecule has 0 saturated heterocycles. The van der Waals surface area contributed by atoms with Gasteiger partial charge in [-0.25, -0.2) is 15.0 Å². The molecule has 5 nitrogen and oxygen atoms in total. The molecule has 30 heavy (non-hydrogen) atoms. The summed E-state index contributed by atoms with van der Waals surface area (Å²) in [4.78, 5) is 17.2. The number of nitrogens with zero attached hydrogens (tertiary/aromatic N) is 3. The number of hydrogen-bond acceptors (Lipinski definition) is 5. The number of rotatable bonds is 3. The number of nitrogens with one attached hydrogen (secondary N) is 1. The predicted molar refractivity (Wildman–Crippen MR) is 119 cm³/mol. The van der Waals surface area contributed by atoms with E-state index < -0.39 is 6.10 Å². The van der Waals surface area contributed by atoms with Crippen LogP contribution >= 0.6 is 11.3 Å². The van der Waals surface area contributed by atoms with Crippen molar-refractivity contribution in [2.24, 2.45) is 0 Å². The standard InChI is InChI=1S/C24H18N4OS/c29-21-9-7-14-6-8-19(27-22(14)21)15-3-1-4-16(11-15)20-13-30-24(28-20)18-12-26-23-17(18)5-2-10-25-23/h1-6,8,10-13,21,29H,7,9H2,(H,25,26). The van der Waals surface area contributed by atoms with Crippen LogP contribution < -0.4 is 0 Å². The van der Waals surface area contributed by atoms with Gasteiger partial charge in [0.2, 0.25) is 0 Å². The van der Waals surface area contributed by atoms with Crippen LogP contribution in [0.25, 0.3) is 44.1 Å². The maximum Gasteiger partial charge on any atom is 0.137 e. The van der Waals surface area contributed by atoms with Gasteiger partial charge in [-0.2, -0.15) is 0 Å². The number of H-pyrrole nitrogens is 1. The molecule has 0 radical (unpaired) electrons. The Bertz CT molecular complexity index is 1390. The molecule has 4 aromatic heterocycles. The van der Waals surface area contributed by atoms with Crippen molar-refractivity contribution in [2.75, 3.05) is 0 Å². The minimum atomic E-state index is -0.449. The van der Waals surface area contributed by atoms with E-state index in [4.69, 9.17) is 9.97 Å². The lowest BCUT2D eigenvalue weighted by atomic mass is 10.0. The Hall–Kier alpha value is -3.35. The van der Waals surface area contributed by atoms with E-state index in [9.17, 15) is 5.11 Å². The highest BCUT2D eigenvalue weighted by Crippen LogP contribution is 2.35. The highest BCUT2D eigenvalue weighted by molar-refractivity contribution is 7.13. The fourth-order valence-electron chi connectivity index (χ4n) is 4.09. The van der Waals surface area contributed by atoms with Gasteiger partial charge < -0.3 is 10.1 Å². The molecular weight excluding hydrogens is 392 g/mol. The number of fused-ring (bicyclic) bond motifs is 2. The fourth-order valence-corrected chi connectivity index (χ4v) is 4.95. The molecule has 1 aliphatic carbocycles. The number of aromatic amines is 1. The smallest absolute Gasteiger partial charge is 0.137 e. The van der Waals surface area contributed by atoms with Gasteiger partial charge in [-0.3, -0.25) is 0 Å². The van der Waals surface area contributed by atoms with E-state index in [1.807, 2.05) is 24.4 Å². The van der Waals surface area contributed by atoms with Crippen molar-refractivity contribution in [1.29, 1.82) is 0 Å². The van der Waals surface area contributed by atoms with Crippen LogP contribution in [0.2, 0.25) is 0 Å². The van der Waals surface area contributed by atoms with E-state index in [0.717, 1.165) is 68.2 Å². The topological polar surface area (TPSA) is 74.7 Å². The lowest BCUT2D eigenvalue weighted by Gasteiger charge is -2.08. The maximum atomic E-state index is 10.2. The van der Waals surface area contributed by atoms with Gasteiger partial charge in [0, 0.05) is 39.9 Å². The molecule has 1 aliphatic rings. The molecule has 0 fully saturated rings. The van der Waals surface area contributed by atoms with Crippen LogP contribution in [0.5, 0.6) is 0 Å². The summed E-state index contributed by atoms with van der Waals surface area (Å²) in [7, 11) is 0. The Morgan fingerprint density at radius 1 is 1.00 bits per heavy atom. The summed E-state index contributed by atoms with van der Waals surface area (Å²) < 4.78 is 0. The van der Waals surface area contributed by atoms with Crippen molar-refractivity contribution in [3.63, 3.8) is 0 Å². The number of aromatic nitrogens is 4. The van der Waals surface area contributed by atoms with Gasteiger partial charge in [0.15, 0.2) is 0 Å². The number of aliphatic hydroxyl groups is 1. The van der Waals surface area contributed by atoms with Crippen LogP contribution in [0.15, 0.2) is 66.3 Å². The second kappa shape index (κ2) is 6.86. The molecule has 146 valence electrons. The number of pyridine rings is 2. The third-order valence-corrected chi connectivity index (χ3v) is 6.53. The first-order valence-corrected chi connectivity index (χ1v) is 10.8. The van der Waals surface area contributed by atoms with Crippen LogP contribution in [0.4, 0.5) is 0 Å². The number of benzene rings is 1. The number of thiazole rings is 1. The summed E-state index contributed by atoms with van der Waals surface area (Å²) in [6.45, 7) is 0. The van der Waals surface area contributed by atoms with E-state index in [1.54, 1.807) is 17.5 Å². The lowest BCUT2D eigenvalue weighted by Crippen LogP contribution is -1.96. The molecule has 6 heteroatoms. The first kappa shape index (κ1) is 17.5. The Labute approximate surface area is 177 Å². The van der Waals surface area contributed by atoms with E-state index in [1.165, 1.54) is 0 Å². The highest BCUT2D eigenvalue weighted by Gasteiger charge is 2.22. The zero-order chi connectivity index (χ0) is 20.1. The monoisotopic (exact) mass is 410 g/mol. The number of aryl methyl sites for hydroxylation is 1. The van der Waals surface area contributed by atoms with E-state index in [0.29, 0.717) is 0 Å². The minimum Gasteiger partial charge on any atom is -0.387 e. The first-order valence-electron chi connectivity index (χ1n) is 9.93. The normalized spacial score (nSPS) is 15.6. The molecule has 2 N–H and O–H groups in total. The summed E-state index contributed by atoms with van der Waals surface area (Å²) in [6.07, 6.45) is 4.96. The SMILES string of the molecule is OC1CCc2ccc(-c3cccc(-c4csc(-c5c[nH]c6ncccc56)n4)c3)nc21. The molecule has 4 heterocycles. The van der Waals surface area contributed by atoms with Crippen LogP contribution in [0, 0.1) is 0 Å². The predicted octanol–water partition coefficient (Wildman–Crippen LogP) is 5.40. The quantitative estimate of drug-likeness (QED) is 0.418. The van der Waals surface area contributed by atoms with Crippen LogP contribution in [-0.4, -0.2) is 25.0 Å². The molecular formula is C24H18N4OS. The van der Waals surface area contributed by atoms with E-state index in [2.05, 4.69) is 45.7 Å². The van der Waals surface area contributed by atoms with Crippen LogP contribution in [0.3, 0.4) is 0 Å². The van der Waals surface area contributed by atoms with Gasteiger partial charge in [0.25, 0.3) is 0 Å². The fraction of sp³-hybridized carbons (Fsp3) is 0.125. The second-order valence-corrected chi connectivity index (χ2v) is 8.37. The summed E-state index contributed by atoms with van der Waals surface area (Å²) in [5.41, 5.74) is 7.82. The van der Waals surface area contributed by atoms with Gasteiger partial charge in [0.05, 0.1) is 23.2 Å². The average Bonchev–Trinajstić information content (AvgIpc) is 3.52. The zero-order valence-corrected chi connectivity index (χ0v) is 16.9. The van der Waals surface area contributed by atoms with Crippen molar-refractivity contribution >= 4 is 22.4 Å². The molecule has 0 aliphatic heterocycles. The van der Waals surface area contributed by atoms with Gasteiger partial charge >= 0.3 is 0 Å². The Kier molecular flexibility index (Phi) is 4.00. The van der Waals surface area contributed by atoms with E-state index in [-0.39, 0.29) is 0 Å². The molecule has 0 amide bonds. The van der Waals surface area contributed by atoms with Crippen LogP contribution in [0.1, 0.15) is 23.8 Å². The van der Waals surface area contributed by atoms with Crippen molar-refractivity contribution in [3.8, 4) is 33.1 Å². The van der Waals surface area contributed by atoms with Gasteiger partial charge in [0.1, 0.15) is 10.7 Å². The molecule has 1 unspecified atom stereocenters. The maximum absolute atomic E-state index is 10.2. The lowest BCUT2D eigenvalue weighted by molar-refractivity contribution is 0.176. The molecule has 0 spiro atoms. The van der Waals surface area contributed by atoms with Gasteiger partial charge in [-0.1, -0.05) is 24.3 Å². The first-order chi connectivity index (χ1) is 14.8. The number of aliphatic hydroxyl groups excluding tert-OH is 1. The Morgan fingerprint density at radius 2 is 1.90 bits per heavy atom. The molecule has 1 aromatic carbocycles. The summed E-state index contributed by atoms with van der Waals surface area (Å²) >= 11 is 1.63. The van der Waals surface area contributed by atoms with Crippen LogP contribution in [-0.2, 0) is 6.42 Å². The largest absolute Gasteiger partial charge is 0.387 e. The van der Waals surface area contributed by atoms with Crippen molar-refractivity contribution < 1.29 is 5.11 Å². The number of hydrogen-bond donors (Lipinski definition) is 2. The van der Waals surface area contributed by atoms with Crippen molar-refractivity contribution in [1.82, 2.24) is 19.9 Å². The Morgan fingerprint density at radius 3 is 2.83 bits per heavy atom. The third-order valence-electron chi connectivity index (χ3n) is 5.65. The summed E-state index contributed by atoms with van der Waals surface area (Å²) in [5, 5.41) is 14.3. The molecule has 0 saturated carbocycles. The molecule has 5 aromatic rings. The molecule has 6 rings (SSSR count). The zero-order valence-electron chi connectivity index (χ0n) is 16.0. The van der Waals surface area contributed by atoms with Gasteiger partial charge in [-0.05, 0) is 42.7 Å². The average molecular weight is 411 g/mol. The molecule has 1 atom stereocenters. The summed E-state index contributed by atoms with van der Waals surface area (Å²) in [6, 6.07) is 16.4. The third kappa shape index (κ3) is 2.84. The van der Waals surface area contributed by atoms with Crippen molar-refractivity contribution in [2.45, 2.75) is 18.9 Å². The Balaban J connectivity index is 1.37. The highest BCUT2D eigenvalue weighted by atomic mass is 32.1.